The van der Waals surface area contributed by atoms with Crippen LogP contribution in [0.4, 0.5) is 0 Å². The third-order valence-corrected chi connectivity index (χ3v) is 4.04. The summed E-state index contributed by atoms with van der Waals surface area (Å²) < 4.78 is 0. The van der Waals surface area contributed by atoms with Gasteiger partial charge in [0.25, 0.3) is 0 Å². The highest BCUT2D eigenvalue weighted by molar-refractivity contribution is 5.83. The second kappa shape index (κ2) is 8.45. The Kier molecular flexibility index (Phi) is 6.92. The number of hydrogen-bond donors (Lipinski definition) is 1. The zero-order chi connectivity index (χ0) is 15.8. The Morgan fingerprint density at radius 1 is 1.19 bits per heavy atom. The van der Waals surface area contributed by atoms with Gasteiger partial charge >= 0.3 is 5.97 Å². The Morgan fingerprint density at radius 3 is 2.33 bits per heavy atom. The van der Waals surface area contributed by atoms with Gasteiger partial charge in [-0.3, -0.25) is 9.59 Å². The lowest BCUT2D eigenvalue weighted by atomic mass is 9.92. The van der Waals surface area contributed by atoms with Gasteiger partial charge in [-0.15, -0.1) is 0 Å². The van der Waals surface area contributed by atoms with Crippen molar-refractivity contribution in [3.8, 4) is 0 Å². The molecule has 0 radical (unpaired) electrons. The van der Waals surface area contributed by atoms with Crippen molar-refractivity contribution in [3.63, 3.8) is 0 Å². The Hall–Kier alpha value is -1.84. The summed E-state index contributed by atoms with van der Waals surface area (Å²) in [7, 11) is 0. The minimum Gasteiger partial charge on any atom is -0.480 e. The molecule has 21 heavy (non-hydrogen) atoms. The van der Waals surface area contributed by atoms with Crippen LogP contribution in [-0.4, -0.2) is 35.0 Å². The third-order valence-electron chi connectivity index (χ3n) is 4.04. The van der Waals surface area contributed by atoms with Gasteiger partial charge in [0.15, 0.2) is 0 Å². The maximum atomic E-state index is 12.5. The fourth-order valence-corrected chi connectivity index (χ4v) is 2.22. The molecule has 1 N–H and O–H groups in total. The van der Waals surface area contributed by atoms with Crippen LogP contribution in [-0.2, 0) is 16.0 Å². The molecule has 0 fully saturated rings. The highest BCUT2D eigenvalue weighted by Crippen LogP contribution is 2.17. The fourth-order valence-electron chi connectivity index (χ4n) is 2.22. The smallest absolute Gasteiger partial charge is 0.323 e. The predicted molar refractivity (Wildman–Crippen MR) is 83.0 cm³/mol. The van der Waals surface area contributed by atoms with Crippen LogP contribution in [0.15, 0.2) is 30.3 Å². The molecule has 0 saturated carbocycles. The van der Waals surface area contributed by atoms with Crippen LogP contribution >= 0.6 is 0 Å². The lowest BCUT2D eigenvalue weighted by Gasteiger charge is -2.27. The van der Waals surface area contributed by atoms with Crippen LogP contribution in [0.1, 0.15) is 32.8 Å². The molecule has 0 saturated heterocycles. The number of carbonyl (C=O) groups is 2. The molecule has 4 heteroatoms. The summed E-state index contributed by atoms with van der Waals surface area (Å²) >= 11 is 0. The lowest BCUT2D eigenvalue weighted by molar-refractivity contribution is -0.146. The van der Waals surface area contributed by atoms with Gasteiger partial charge in [0, 0.05) is 12.5 Å². The quantitative estimate of drug-likeness (QED) is 0.801. The van der Waals surface area contributed by atoms with Crippen molar-refractivity contribution in [2.24, 2.45) is 11.8 Å². The van der Waals surface area contributed by atoms with Gasteiger partial charge in [0.1, 0.15) is 6.54 Å². The molecule has 0 bridgehead atoms. The molecule has 0 aromatic heterocycles. The normalized spacial score (nSPS) is 13.5. The van der Waals surface area contributed by atoms with Gasteiger partial charge < -0.3 is 10.0 Å². The van der Waals surface area contributed by atoms with E-state index in [0.717, 1.165) is 12.0 Å². The zero-order valence-corrected chi connectivity index (χ0v) is 13.1. The van der Waals surface area contributed by atoms with Crippen molar-refractivity contribution in [2.45, 2.75) is 33.6 Å². The largest absolute Gasteiger partial charge is 0.480 e. The minimum atomic E-state index is -0.965. The van der Waals surface area contributed by atoms with Gasteiger partial charge in [0.05, 0.1) is 0 Å². The number of nitrogens with zero attached hydrogens (tertiary/aromatic N) is 1. The molecule has 4 nitrogen and oxygen atoms in total. The van der Waals surface area contributed by atoms with E-state index in [4.69, 9.17) is 5.11 Å². The lowest BCUT2D eigenvalue weighted by Crippen LogP contribution is -2.41. The van der Waals surface area contributed by atoms with E-state index >= 15 is 0 Å². The Bertz CT molecular complexity index is 458. The monoisotopic (exact) mass is 291 g/mol. The molecule has 0 aliphatic rings. The number of rotatable bonds is 8. The van der Waals surface area contributed by atoms with Crippen molar-refractivity contribution in [2.75, 3.05) is 13.1 Å². The molecule has 0 aliphatic carbocycles. The Labute approximate surface area is 126 Å². The summed E-state index contributed by atoms with van der Waals surface area (Å²) in [6, 6.07) is 9.80. The predicted octanol–water partition coefficient (Wildman–Crippen LogP) is 2.82. The molecule has 2 unspecified atom stereocenters. The van der Waals surface area contributed by atoms with Crippen molar-refractivity contribution >= 4 is 11.9 Å². The highest BCUT2D eigenvalue weighted by atomic mass is 16.4. The van der Waals surface area contributed by atoms with E-state index in [1.54, 1.807) is 0 Å². The summed E-state index contributed by atoms with van der Waals surface area (Å²) in [5, 5.41) is 9.01. The first-order valence-corrected chi connectivity index (χ1v) is 7.50. The summed E-state index contributed by atoms with van der Waals surface area (Å²) in [5.41, 5.74) is 1.11. The number of hydrogen-bond acceptors (Lipinski definition) is 2. The summed E-state index contributed by atoms with van der Waals surface area (Å²) in [6.07, 6.45) is 1.58. The van der Waals surface area contributed by atoms with Crippen LogP contribution in [0.5, 0.6) is 0 Å². The highest BCUT2D eigenvalue weighted by Gasteiger charge is 2.25. The number of carboxylic acids is 1. The molecule has 1 amide bonds. The first kappa shape index (κ1) is 17.2. The van der Waals surface area contributed by atoms with Crippen molar-refractivity contribution in [1.82, 2.24) is 4.90 Å². The second-order valence-electron chi connectivity index (χ2n) is 5.56. The van der Waals surface area contributed by atoms with Gasteiger partial charge in [-0.05, 0) is 17.9 Å². The topological polar surface area (TPSA) is 57.6 Å². The molecular formula is C17H25NO3. The standard InChI is InChI=1S/C17H25NO3/c1-4-13(2)14(3)17(21)18(12-16(19)20)11-10-15-8-6-5-7-9-15/h5-9,13-14H,4,10-12H2,1-3H3,(H,19,20). The number of carboxylic acid groups (broad SMARTS) is 1. The molecule has 0 heterocycles. The third kappa shape index (κ3) is 5.58. The van der Waals surface area contributed by atoms with Gasteiger partial charge in [-0.1, -0.05) is 57.5 Å². The van der Waals surface area contributed by atoms with Crippen molar-refractivity contribution in [1.29, 1.82) is 0 Å². The van der Waals surface area contributed by atoms with Gasteiger partial charge in [-0.2, -0.15) is 0 Å². The number of carbonyl (C=O) groups excluding carboxylic acids is 1. The average molecular weight is 291 g/mol. The number of benzene rings is 1. The first-order valence-electron chi connectivity index (χ1n) is 7.50. The first-order chi connectivity index (χ1) is 9.95. The van der Waals surface area contributed by atoms with E-state index in [-0.39, 0.29) is 24.3 Å². The maximum absolute atomic E-state index is 12.5. The van der Waals surface area contributed by atoms with Crippen LogP contribution in [0.3, 0.4) is 0 Å². The molecule has 1 aromatic rings. The second-order valence-corrected chi connectivity index (χ2v) is 5.56. The van der Waals surface area contributed by atoms with E-state index < -0.39 is 5.97 Å². The van der Waals surface area contributed by atoms with E-state index in [1.165, 1.54) is 4.90 Å². The average Bonchev–Trinajstić information content (AvgIpc) is 2.49. The van der Waals surface area contributed by atoms with Gasteiger partial charge in [0.2, 0.25) is 5.91 Å². The van der Waals surface area contributed by atoms with Crippen molar-refractivity contribution < 1.29 is 14.7 Å². The van der Waals surface area contributed by atoms with Crippen molar-refractivity contribution in [3.05, 3.63) is 35.9 Å². The molecule has 1 aromatic carbocycles. The molecule has 1 rings (SSSR count). The van der Waals surface area contributed by atoms with E-state index in [2.05, 4.69) is 0 Å². The summed E-state index contributed by atoms with van der Waals surface area (Å²) in [4.78, 5) is 24.9. The molecule has 0 spiro atoms. The maximum Gasteiger partial charge on any atom is 0.323 e. The van der Waals surface area contributed by atoms with Crippen LogP contribution in [0.25, 0.3) is 0 Å². The minimum absolute atomic E-state index is 0.0670. The van der Waals surface area contributed by atoms with Crippen LogP contribution < -0.4 is 0 Å². The number of aliphatic carboxylic acids is 1. The fraction of sp³-hybridized carbons (Fsp3) is 0.529. The Balaban J connectivity index is 2.71. The van der Waals surface area contributed by atoms with E-state index in [0.29, 0.717) is 13.0 Å². The van der Waals surface area contributed by atoms with E-state index in [9.17, 15) is 9.59 Å². The molecule has 0 aliphatic heterocycles. The molecular weight excluding hydrogens is 266 g/mol. The number of amides is 1. The Morgan fingerprint density at radius 2 is 1.81 bits per heavy atom. The van der Waals surface area contributed by atoms with Crippen LogP contribution in [0.2, 0.25) is 0 Å². The zero-order valence-electron chi connectivity index (χ0n) is 13.1. The van der Waals surface area contributed by atoms with Gasteiger partial charge in [-0.25, -0.2) is 0 Å². The SMILES string of the molecule is CCC(C)C(C)C(=O)N(CCc1ccccc1)CC(=O)O. The molecule has 2 atom stereocenters. The van der Waals surface area contributed by atoms with E-state index in [1.807, 2.05) is 51.1 Å². The molecule has 116 valence electrons. The van der Waals surface area contributed by atoms with Crippen LogP contribution in [0, 0.1) is 11.8 Å². The summed E-state index contributed by atoms with van der Waals surface area (Å²) in [5.74, 6) is -0.925. The summed E-state index contributed by atoms with van der Waals surface area (Å²) in [6.45, 7) is 6.16.